The number of nitrogens with zero attached hydrogens (tertiary/aromatic N) is 1. The van der Waals surface area contributed by atoms with E-state index in [2.05, 4.69) is 0 Å². The van der Waals surface area contributed by atoms with E-state index in [-0.39, 0.29) is 19.1 Å². The van der Waals surface area contributed by atoms with Crippen LogP contribution in [0.2, 0.25) is 0 Å². The molecule has 4 heteroatoms. The Bertz CT molecular complexity index is 417. The number of ether oxygens (including phenoxy) is 1. The van der Waals surface area contributed by atoms with Crippen molar-refractivity contribution in [2.24, 2.45) is 0 Å². The van der Waals surface area contributed by atoms with Crippen LogP contribution >= 0.6 is 0 Å². The SMILES string of the molecule is FC1(F)CCN(C2CC(OCc3ccccc3)C2)C1. The summed E-state index contributed by atoms with van der Waals surface area (Å²) in [6, 6.07) is 10.3. The maximum atomic E-state index is 13.1. The Morgan fingerprint density at radius 2 is 1.95 bits per heavy atom. The number of alkyl halides is 2. The van der Waals surface area contributed by atoms with E-state index >= 15 is 0 Å². The van der Waals surface area contributed by atoms with E-state index in [1.807, 2.05) is 35.2 Å². The van der Waals surface area contributed by atoms with Crippen LogP contribution in [0.5, 0.6) is 0 Å². The standard InChI is InChI=1S/C15H19F2NO/c16-15(17)6-7-18(11-15)13-8-14(9-13)19-10-12-4-2-1-3-5-12/h1-5,13-14H,6-11H2. The Balaban J connectivity index is 1.39. The summed E-state index contributed by atoms with van der Waals surface area (Å²) in [4.78, 5) is 1.92. The van der Waals surface area contributed by atoms with Crippen LogP contribution in [0.1, 0.15) is 24.8 Å². The number of hydrogen-bond acceptors (Lipinski definition) is 2. The van der Waals surface area contributed by atoms with E-state index < -0.39 is 5.92 Å². The van der Waals surface area contributed by atoms with Gasteiger partial charge in [-0.25, -0.2) is 8.78 Å². The van der Waals surface area contributed by atoms with Crippen LogP contribution in [0.15, 0.2) is 30.3 Å². The quantitative estimate of drug-likeness (QED) is 0.831. The molecule has 0 aromatic heterocycles. The summed E-state index contributed by atoms with van der Waals surface area (Å²) >= 11 is 0. The Hall–Kier alpha value is -1.00. The Morgan fingerprint density at radius 3 is 2.58 bits per heavy atom. The fourth-order valence-electron chi connectivity index (χ4n) is 2.83. The predicted octanol–water partition coefficient (Wildman–Crippen LogP) is 3.08. The van der Waals surface area contributed by atoms with Crippen molar-refractivity contribution < 1.29 is 13.5 Å². The highest BCUT2D eigenvalue weighted by Gasteiger charge is 2.44. The smallest absolute Gasteiger partial charge is 0.261 e. The lowest BCUT2D eigenvalue weighted by Gasteiger charge is -2.40. The molecule has 0 radical (unpaired) electrons. The molecule has 2 nitrogen and oxygen atoms in total. The van der Waals surface area contributed by atoms with Gasteiger partial charge >= 0.3 is 0 Å². The molecule has 1 aliphatic carbocycles. The van der Waals surface area contributed by atoms with Crippen molar-refractivity contribution in [2.45, 2.75) is 43.9 Å². The van der Waals surface area contributed by atoms with E-state index in [9.17, 15) is 8.78 Å². The number of halogens is 2. The second-order valence-corrected chi connectivity index (χ2v) is 5.62. The van der Waals surface area contributed by atoms with Crippen molar-refractivity contribution in [1.29, 1.82) is 0 Å². The molecule has 0 unspecified atom stereocenters. The van der Waals surface area contributed by atoms with Gasteiger partial charge in [0.15, 0.2) is 0 Å². The summed E-state index contributed by atoms with van der Waals surface area (Å²) in [5.41, 5.74) is 1.17. The van der Waals surface area contributed by atoms with E-state index in [1.54, 1.807) is 0 Å². The molecular formula is C15H19F2NO. The third-order valence-electron chi connectivity index (χ3n) is 4.11. The first-order valence-electron chi connectivity index (χ1n) is 6.90. The summed E-state index contributed by atoms with van der Waals surface area (Å²) in [7, 11) is 0. The number of benzene rings is 1. The summed E-state index contributed by atoms with van der Waals surface area (Å²) < 4.78 is 32.0. The minimum atomic E-state index is -2.48. The lowest BCUT2D eigenvalue weighted by Crippen LogP contribution is -2.47. The van der Waals surface area contributed by atoms with Crippen molar-refractivity contribution in [3.05, 3.63) is 35.9 Å². The Labute approximate surface area is 112 Å². The molecule has 0 amide bonds. The van der Waals surface area contributed by atoms with Gasteiger partial charge in [0.1, 0.15) is 0 Å². The zero-order chi connectivity index (χ0) is 13.3. The molecule has 1 saturated heterocycles. The maximum absolute atomic E-state index is 13.1. The van der Waals surface area contributed by atoms with E-state index in [0.717, 1.165) is 12.8 Å². The molecule has 1 saturated carbocycles. The Kier molecular flexibility index (Phi) is 3.54. The van der Waals surface area contributed by atoms with Crippen LogP contribution in [0.25, 0.3) is 0 Å². The fraction of sp³-hybridized carbons (Fsp3) is 0.600. The molecule has 104 valence electrons. The van der Waals surface area contributed by atoms with Gasteiger partial charge in [-0.2, -0.15) is 0 Å². The van der Waals surface area contributed by atoms with E-state index in [4.69, 9.17) is 4.74 Å². The van der Waals surface area contributed by atoms with Crippen molar-refractivity contribution >= 4 is 0 Å². The van der Waals surface area contributed by atoms with Gasteiger partial charge in [-0.05, 0) is 18.4 Å². The van der Waals surface area contributed by atoms with Gasteiger partial charge in [0, 0.05) is 19.0 Å². The van der Waals surface area contributed by atoms with Crippen molar-refractivity contribution in [2.75, 3.05) is 13.1 Å². The largest absolute Gasteiger partial charge is 0.373 e. The first kappa shape index (κ1) is 13.0. The molecule has 1 aromatic carbocycles. The molecule has 19 heavy (non-hydrogen) atoms. The molecule has 1 heterocycles. The van der Waals surface area contributed by atoms with Gasteiger partial charge in [-0.15, -0.1) is 0 Å². The molecule has 0 N–H and O–H groups in total. The van der Waals surface area contributed by atoms with Crippen LogP contribution in [0, 0.1) is 0 Å². The van der Waals surface area contributed by atoms with Gasteiger partial charge in [0.2, 0.25) is 0 Å². The van der Waals surface area contributed by atoms with Crippen LogP contribution in [0.3, 0.4) is 0 Å². The lowest BCUT2D eigenvalue weighted by atomic mass is 9.88. The number of hydrogen-bond donors (Lipinski definition) is 0. The summed E-state index contributed by atoms with van der Waals surface area (Å²) in [5.74, 6) is -2.48. The first-order valence-corrected chi connectivity index (χ1v) is 6.90. The van der Waals surface area contributed by atoms with Crippen molar-refractivity contribution in [1.82, 2.24) is 4.90 Å². The number of likely N-dealkylation sites (tertiary alicyclic amines) is 1. The second-order valence-electron chi connectivity index (χ2n) is 5.62. The number of rotatable bonds is 4. The molecule has 0 spiro atoms. The molecule has 2 fully saturated rings. The highest BCUT2D eigenvalue weighted by atomic mass is 19.3. The molecular weight excluding hydrogens is 248 g/mol. The minimum absolute atomic E-state index is 0.0129. The predicted molar refractivity (Wildman–Crippen MR) is 69.2 cm³/mol. The molecule has 1 aromatic rings. The first-order chi connectivity index (χ1) is 9.12. The highest BCUT2D eigenvalue weighted by Crippen LogP contribution is 2.35. The maximum Gasteiger partial charge on any atom is 0.261 e. The molecule has 0 atom stereocenters. The van der Waals surface area contributed by atoms with Gasteiger partial charge in [-0.3, -0.25) is 4.90 Å². The van der Waals surface area contributed by atoms with Crippen LogP contribution in [-0.4, -0.2) is 36.1 Å². The zero-order valence-electron chi connectivity index (χ0n) is 10.9. The summed E-state index contributed by atoms with van der Waals surface area (Å²) in [6.07, 6.45) is 2.03. The van der Waals surface area contributed by atoms with Gasteiger partial charge < -0.3 is 4.74 Å². The van der Waals surface area contributed by atoms with Crippen LogP contribution in [-0.2, 0) is 11.3 Å². The molecule has 1 aliphatic heterocycles. The monoisotopic (exact) mass is 267 g/mol. The lowest BCUT2D eigenvalue weighted by molar-refractivity contribution is -0.0639. The van der Waals surface area contributed by atoms with Gasteiger partial charge in [0.05, 0.1) is 19.3 Å². The minimum Gasteiger partial charge on any atom is -0.373 e. The normalized spacial score (nSPS) is 30.2. The third kappa shape index (κ3) is 3.12. The fourth-order valence-corrected chi connectivity index (χ4v) is 2.83. The summed E-state index contributed by atoms with van der Waals surface area (Å²) in [6.45, 7) is 1.08. The Morgan fingerprint density at radius 1 is 1.21 bits per heavy atom. The average molecular weight is 267 g/mol. The van der Waals surface area contributed by atoms with E-state index in [0.29, 0.717) is 19.2 Å². The van der Waals surface area contributed by atoms with Crippen molar-refractivity contribution in [3.8, 4) is 0 Å². The van der Waals surface area contributed by atoms with Gasteiger partial charge in [-0.1, -0.05) is 30.3 Å². The van der Waals surface area contributed by atoms with Crippen molar-refractivity contribution in [3.63, 3.8) is 0 Å². The summed E-state index contributed by atoms with van der Waals surface area (Å²) in [5, 5.41) is 0. The van der Waals surface area contributed by atoms with Gasteiger partial charge in [0.25, 0.3) is 5.92 Å². The third-order valence-corrected chi connectivity index (χ3v) is 4.11. The highest BCUT2D eigenvalue weighted by molar-refractivity contribution is 5.13. The molecule has 3 rings (SSSR count). The molecule has 2 aliphatic rings. The second kappa shape index (κ2) is 5.17. The van der Waals surface area contributed by atoms with Crippen LogP contribution < -0.4 is 0 Å². The average Bonchev–Trinajstić information content (AvgIpc) is 2.69. The topological polar surface area (TPSA) is 12.5 Å². The van der Waals surface area contributed by atoms with E-state index in [1.165, 1.54) is 5.56 Å². The molecule has 0 bridgehead atoms. The zero-order valence-corrected chi connectivity index (χ0v) is 10.9. The van der Waals surface area contributed by atoms with Crippen LogP contribution in [0.4, 0.5) is 8.78 Å².